The number of nitrogens with one attached hydrogen (secondary N) is 1. The minimum absolute atomic E-state index is 0.363. The number of hydrogen-bond donors (Lipinski definition) is 1. The molecular weight excluding hydrogens is 436 g/mol. The van der Waals surface area contributed by atoms with E-state index < -0.39 is 29.2 Å². The summed E-state index contributed by atoms with van der Waals surface area (Å²) in [4.78, 5) is 15.1. The van der Waals surface area contributed by atoms with Gasteiger partial charge in [0.2, 0.25) is 0 Å². The molecule has 5 nitrogen and oxygen atoms in total. The summed E-state index contributed by atoms with van der Waals surface area (Å²) in [6, 6.07) is 12.0. The third-order valence-electron chi connectivity index (χ3n) is 5.72. The Morgan fingerprint density at radius 1 is 1.15 bits per heavy atom. The lowest BCUT2D eigenvalue weighted by Gasteiger charge is -2.30. The summed E-state index contributed by atoms with van der Waals surface area (Å²) in [6.45, 7) is 5.08. The van der Waals surface area contributed by atoms with Crippen LogP contribution in [0.2, 0.25) is 0 Å². The molecule has 0 bridgehead atoms. The third-order valence-corrected chi connectivity index (χ3v) is 5.72. The summed E-state index contributed by atoms with van der Waals surface area (Å²) in [5.41, 5.74) is -0.980. The first kappa shape index (κ1) is 23.0. The number of piperidine rings is 1. The SMILES string of the molecule is CC1CCCN(Cc2ccc(NC(=O)c3cnn(-c4ccccc4F)c3C(F)(F)F)cc2)C1. The van der Waals surface area contributed by atoms with Gasteiger partial charge in [-0.2, -0.15) is 18.3 Å². The molecule has 1 aliphatic rings. The molecule has 174 valence electrons. The number of alkyl halides is 3. The van der Waals surface area contributed by atoms with Crippen molar-refractivity contribution in [3.63, 3.8) is 0 Å². The van der Waals surface area contributed by atoms with Crippen LogP contribution in [0, 0.1) is 11.7 Å². The van der Waals surface area contributed by atoms with E-state index in [2.05, 4.69) is 22.2 Å². The minimum atomic E-state index is -4.92. The van der Waals surface area contributed by atoms with E-state index in [-0.39, 0.29) is 5.69 Å². The molecule has 2 heterocycles. The van der Waals surface area contributed by atoms with Crippen LogP contribution >= 0.6 is 0 Å². The minimum Gasteiger partial charge on any atom is -0.322 e. The number of aromatic nitrogens is 2. The molecule has 0 aliphatic carbocycles. The molecule has 0 radical (unpaired) electrons. The molecule has 1 N–H and O–H groups in total. The molecule has 1 atom stereocenters. The van der Waals surface area contributed by atoms with Gasteiger partial charge in [-0.1, -0.05) is 31.2 Å². The largest absolute Gasteiger partial charge is 0.434 e. The molecule has 1 aromatic heterocycles. The van der Waals surface area contributed by atoms with Gasteiger partial charge < -0.3 is 5.32 Å². The van der Waals surface area contributed by atoms with Crippen LogP contribution in [0.25, 0.3) is 5.69 Å². The van der Waals surface area contributed by atoms with Gasteiger partial charge in [-0.25, -0.2) is 9.07 Å². The van der Waals surface area contributed by atoms with Gasteiger partial charge in [0.25, 0.3) is 5.91 Å². The topological polar surface area (TPSA) is 50.2 Å². The lowest BCUT2D eigenvalue weighted by Crippen LogP contribution is -2.33. The number of nitrogens with zero attached hydrogens (tertiary/aromatic N) is 3. The van der Waals surface area contributed by atoms with Crippen LogP contribution in [-0.4, -0.2) is 33.7 Å². The van der Waals surface area contributed by atoms with Gasteiger partial charge >= 0.3 is 6.18 Å². The Kier molecular flexibility index (Phi) is 6.51. The average molecular weight is 460 g/mol. The Labute approximate surface area is 189 Å². The number of carbonyl (C=O) groups excluding carboxylic acids is 1. The Morgan fingerprint density at radius 3 is 2.55 bits per heavy atom. The predicted octanol–water partition coefficient (Wildman–Crippen LogP) is 5.51. The fourth-order valence-electron chi connectivity index (χ4n) is 4.17. The molecule has 3 aromatic rings. The molecule has 1 aliphatic heterocycles. The zero-order valence-electron chi connectivity index (χ0n) is 18.1. The van der Waals surface area contributed by atoms with Gasteiger partial charge in [-0.15, -0.1) is 0 Å². The van der Waals surface area contributed by atoms with Crippen LogP contribution in [0.1, 0.15) is 41.4 Å². The lowest BCUT2D eigenvalue weighted by atomic mass is 10.00. The van der Waals surface area contributed by atoms with Crippen molar-refractivity contribution in [2.75, 3.05) is 18.4 Å². The highest BCUT2D eigenvalue weighted by Gasteiger charge is 2.41. The van der Waals surface area contributed by atoms with Crippen molar-refractivity contribution < 1.29 is 22.4 Å². The normalized spacial score (nSPS) is 17.2. The van der Waals surface area contributed by atoms with Crippen molar-refractivity contribution in [2.45, 2.75) is 32.5 Å². The number of para-hydroxylation sites is 1. The maximum Gasteiger partial charge on any atom is 0.434 e. The molecule has 33 heavy (non-hydrogen) atoms. The van der Waals surface area contributed by atoms with E-state index in [4.69, 9.17) is 0 Å². The fraction of sp³-hybridized carbons (Fsp3) is 0.333. The van der Waals surface area contributed by atoms with Crippen LogP contribution in [-0.2, 0) is 12.7 Å². The highest BCUT2D eigenvalue weighted by Crippen LogP contribution is 2.34. The predicted molar refractivity (Wildman–Crippen MR) is 117 cm³/mol. The van der Waals surface area contributed by atoms with E-state index in [1.165, 1.54) is 24.6 Å². The van der Waals surface area contributed by atoms with Gasteiger partial charge in [-0.3, -0.25) is 9.69 Å². The second kappa shape index (κ2) is 9.35. The van der Waals surface area contributed by atoms with Crippen LogP contribution in [0.15, 0.2) is 54.7 Å². The molecule has 1 amide bonds. The van der Waals surface area contributed by atoms with Crippen molar-refractivity contribution in [2.24, 2.45) is 5.92 Å². The quantitative estimate of drug-likeness (QED) is 0.511. The van der Waals surface area contributed by atoms with Crippen LogP contribution in [0.5, 0.6) is 0 Å². The van der Waals surface area contributed by atoms with Crippen molar-refractivity contribution in [1.29, 1.82) is 0 Å². The van der Waals surface area contributed by atoms with Gasteiger partial charge in [-0.05, 0) is 55.1 Å². The summed E-state index contributed by atoms with van der Waals surface area (Å²) in [5.74, 6) is -1.19. The molecule has 9 heteroatoms. The number of amides is 1. The van der Waals surface area contributed by atoms with Gasteiger partial charge in [0.15, 0.2) is 5.69 Å². The molecule has 2 aromatic carbocycles. The Balaban J connectivity index is 1.52. The Bertz CT molecular complexity index is 1120. The first-order valence-electron chi connectivity index (χ1n) is 10.7. The third kappa shape index (κ3) is 5.24. The monoisotopic (exact) mass is 460 g/mol. The summed E-state index contributed by atoms with van der Waals surface area (Å²) in [7, 11) is 0. The maximum atomic E-state index is 14.1. The van der Waals surface area contributed by atoms with E-state index in [1.807, 2.05) is 12.1 Å². The molecule has 0 saturated carbocycles. The summed E-state index contributed by atoms with van der Waals surface area (Å²) in [5, 5.41) is 6.14. The van der Waals surface area contributed by atoms with Crippen LogP contribution in [0.4, 0.5) is 23.2 Å². The highest BCUT2D eigenvalue weighted by molar-refractivity contribution is 6.05. The molecule has 1 saturated heterocycles. The lowest BCUT2D eigenvalue weighted by molar-refractivity contribution is -0.143. The summed E-state index contributed by atoms with van der Waals surface area (Å²) >= 11 is 0. The number of rotatable bonds is 5. The number of carbonyl (C=O) groups is 1. The first-order chi connectivity index (χ1) is 15.7. The fourth-order valence-corrected chi connectivity index (χ4v) is 4.17. The standard InChI is InChI=1S/C24H24F4N4O/c1-16-5-4-12-31(14-16)15-17-8-10-18(11-9-17)30-23(33)19-13-29-32(22(19)24(26,27)28)21-7-3-2-6-20(21)25/h2-3,6-11,13,16H,4-5,12,14-15H2,1H3,(H,30,33). The zero-order valence-corrected chi connectivity index (χ0v) is 18.1. The van der Waals surface area contributed by atoms with E-state index >= 15 is 0 Å². The number of likely N-dealkylation sites (tertiary alicyclic amines) is 1. The number of benzene rings is 2. The van der Waals surface area contributed by atoms with Crippen molar-refractivity contribution >= 4 is 11.6 Å². The zero-order chi connectivity index (χ0) is 23.6. The van der Waals surface area contributed by atoms with Gasteiger partial charge in [0.05, 0.1) is 11.8 Å². The highest BCUT2D eigenvalue weighted by atomic mass is 19.4. The maximum absolute atomic E-state index is 14.1. The smallest absolute Gasteiger partial charge is 0.322 e. The molecule has 0 spiro atoms. The number of anilines is 1. The van der Waals surface area contributed by atoms with E-state index in [1.54, 1.807) is 12.1 Å². The van der Waals surface area contributed by atoms with Gasteiger partial charge in [0.1, 0.15) is 11.5 Å². The molecule has 1 unspecified atom stereocenters. The van der Waals surface area contributed by atoms with E-state index in [9.17, 15) is 22.4 Å². The van der Waals surface area contributed by atoms with E-state index in [0.717, 1.165) is 43.9 Å². The summed E-state index contributed by atoms with van der Waals surface area (Å²) in [6.07, 6.45) is -1.72. The second-order valence-corrected chi connectivity index (χ2v) is 8.40. The van der Waals surface area contributed by atoms with Gasteiger partial charge in [0, 0.05) is 18.8 Å². The van der Waals surface area contributed by atoms with Crippen molar-refractivity contribution in [3.8, 4) is 5.69 Å². The summed E-state index contributed by atoms with van der Waals surface area (Å²) < 4.78 is 55.9. The first-order valence-corrected chi connectivity index (χ1v) is 10.7. The number of hydrogen-bond acceptors (Lipinski definition) is 3. The molecule has 4 rings (SSSR count). The average Bonchev–Trinajstić information content (AvgIpc) is 3.21. The molecular formula is C24H24F4N4O. The Morgan fingerprint density at radius 2 is 1.88 bits per heavy atom. The second-order valence-electron chi connectivity index (χ2n) is 8.40. The van der Waals surface area contributed by atoms with E-state index in [0.29, 0.717) is 16.3 Å². The Hall–Kier alpha value is -3.20. The number of halogens is 4. The molecule has 1 fully saturated rings. The van der Waals surface area contributed by atoms with Crippen molar-refractivity contribution in [3.05, 3.63) is 77.4 Å². The van der Waals surface area contributed by atoms with Crippen LogP contribution < -0.4 is 5.32 Å². The van der Waals surface area contributed by atoms with Crippen molar-refractivity contribution in [1.82, 2.24) is 14.7 Å². The van der Waals surface area contributed by atoms with Crippen LogP contribution in [0.3, 0.4) is 0 Å².